The van der Waals surface area contributed by atoms with Crippen molar-refractivity contribution >= 4 is 46.2 Å². The van der Waals surface area contributed by atoms with E-state index in [9.17, 15) is 9.18 Å². The summed E-state index contributed by atoms with van der Waals surface area (Å²) in [6.45, 7) is 3.99. The van der Waals surface area contributed by atoms with Gasteiger partial charge in [-0.25, -0.2) is 9.38 Å². The smallest absolute Gasteiger partial charge is 0.266 e. The third kappa shape index (κ3) is 3.78. The average molecular weight is 375 g/mol. The van der Waals surface area contributed by atoms with Gasteiger partial charge in [0.15, 0.2) is 5.17 Å². The molecule has 0 aromatic heterocycles. The highest BCUT2D eigenvalue weighted by Gasteiger charge is 2.32. The van der Waals surface area contributed by atoms with Gasteiger partial charge in [-0.05, 0) is 42.5 Å². The van der Waals surface area contributed by atoms with Crippen molar-refractivity contribution in [3.8, 4) is 0 Å². The van der Waals surface area contributed by atoms with Gasteiger partial charge in [0.25, 0.3) is 5.91 Å². The molecule has 1 aliphatic rings. The predicted molar refractivity (Wildman–Crippen MR) is 104 cm³/mol. The summed E-state index contributed by atoms with van der Waals surface area (Å²) in [5.74, 6) is -0.0108. The van der Waals surface area contributed by atoms with Gasteiger partial charge in [0.2, 0.25) is 0 Å². The van der Waals surface area contributed by atoms with Crippen LogP contribution in [0.3, 0.4) is 0 Å². The molecule has 0 unspecified atom stereocenters. The summed E-state index contributed by atoms with van der Waals surface area (Å²) in [5.41, 5.74) is 2.90. The average Bonchev–Trinajstić information content (AvgIpc) is 2.88. The van der Waals surface area contributed by atoms with Gasteiger partial charge in [-0.3, -0.25) is 9.69 Å². The molecule has 3 rings (SSSR count). The number of anilines is 1. The van der Waals surface area contributed by atoms with E-state index in [1.807, 2.05) is 38.1 Å². The zero-order valence-electron chi connectivity index (χ0n) is 13.8. The van der Waals surface area contributed by atoms with Crippen molar-refractivity contribution in [2.75, 3.05) is 10.7 Å². The fourth-order valence-electron chi connectivity index (χ4n) is 2.39. The zero-order valence-corrected chi connectivity index (χ0v) is 15.4. The standard InChI is InChI=1S/C19H16ClFN2OS/c1-3-25-19-22-17(10-13-6-4-12(2)5-7-13)18(24)23(19)14-8-9-16(21)15(20)11-14/h4-11H,3H2,1-2H3/b17-10-. The van der Waals surface area contributed by atoms with Crippen LogP contribution in [-0.4, -0.2) is 16.8 Å². The van der Waals surface area contributed by atoms with E-state index in [4.69, 9.17) is 11.6 Å². The van der Waals surface area contributed by atoms with Gasteiger partial charge in [-0.2, -0.15) is 0 Å². The number of benzene rings is 2. The molecule has 2 aromatic rings. The molecule has 0 spiro atoms. The highest BCUT2D eigenvalue weighted by Crippen LogP contribution is 2.31. The van der Waals surface area contributed by atoms with Crippen LogP contribution in [0.4, 0.5) is 10.1 Å². The van der Waals surface area contributed by atoms with Crippen molar-refractivity contribution in [3.05, 3.63) is 70.1 Å². The number of rotatable bonds is 3. The number of amidine groups is 1. The molecular formula is C19H16ClFN2OS. The van der Waals surface area contributed by atoms with Crippen LogP contribution < -0.4 is 4.90 Å². The van der Waals surface area contributed by atoms with Crippen molar-refractivity contribution in [2.45, 2.75) is 13.8 Å². The van der Waals surface area contributed by atoms with Crippen LogP contribution in [0, 0.1) is 12.7 Å². The lowest BCUT2D eigenvalue weighted by atomic mass is 10.1. The molecule has 3 nitrogen and oxygen atoms in total. The lowest BCUT2D eigenvalue weighted by Crippen LogP contribution is -2.30. The second-order valence-corrected chi connectivity index (χ2v) is 7.15. The van der Waals surface area contributed by atoms with Crippen molar-refractivity contribution in [2.24, 2.45) is 4.99 Å². The van der Waals surface area contributed by atoms with Crippen LogP contribution in [0.1, 0.15) is 18.1 Å². The maximum atomic E-state index is 13.4. The van der Waals surface area contributed by atoms with Gasteiger partial charge in [0, 0.05) is 0 Å². The first-order valence-electron chi connectivity index (χ1n) is 7.79. The summed E-state index contributed by atoms with van der Waals surface area (Å²) in [6.07, 6.45) is 1.75. The molecule has 0 bridgehead atoms. The molecule has 2 aromatic carbocycles. The number of carbonyl (C=O) groups is 1. The van der Waals surface area contributed by atoms with E-state index in [2.05, 4.69) is 4.99 Å². The molecule has 0 aliphatic carbocycles. The lowest BCUT2D eigenvalue weighted by Gasteiger charge is -2.17. The third-order valence-electron chi connectivity index (χ3n) is 3.65. The molecule has 1 heterocycles. The minimum Gasteiger partial charge on any atom is -0.266 e. The number of aliphatic imine (C=N–C) groups is 1. The Morgan fingerprint density at radius 2 is 1.96 bits per heavy atom. The summed E-state index contributed by atoms with van der Waals surface area (Å²) in [4.78, 5) is 18.8. The molecule has 1 amide bonds. The molecule has 128 valence electrons. The van der Waals surface area contributed by atoms with Gasteiger partial charge in [-0.15, -0.1) is 0 Å². The molecule has 1 aliphatic heterocycles. The summed E-state index contributed by atoms with van der Waals surface area (Å²) >= 11 is 7.32. The van der Waals surface area contributed by atoms with Gasteiger partial charge >= 0.3 is 0 Å². The van der Waals surface area contributed by atoms with Gasteiger partial charge in [0.05, 0.1) is 10.7 Å². The molecule has 25 heavy (non-hydrogen) atoms. The quantitative estimate of drug-likeness (QED) is 0.684. The number of hydrogen-bond donors (Lipinski definition) is 0. The Kier molecular flexibility index (Phi) is 5.25. The van der Waals surface area contributed by atoms with Crippen LogP contribution in [0.5, 0.6) is 0 Å². The SMILES string of the molecule is CCSC1=N/C(=C\c2ccc(C)cc2)C(=O)N1c1ccc(F)c(Cl)c1. The first kappa shape index (κ1) is 17.7. The molecule has 0 fully saturated rings. The topological polar surface area (TPSA) is 32.7 Å². The number of halogens is 2. The lowest BCUT2D eigenvalue weighted by molar-refractivity contribution is -0.113. The molecule has 0 radical (unpaired) electrons. The Labute approximate surface area is 155 Å². The molecular weight excluding hydrogens is 359 g/mol. The minimum atomic E-state index is -0.519. The molecule has 0 saturated heterocycles. The van der Waals surface area contributed by atoms with E-state index in [-0.39, 0.29) is 10.9 Å². The van der Waals surface area contributed by atoms with E-state index in [0.717, 1.165) is 16.9 Å². The second kappa shape index (κ2) is 7.42. The Morgan fingerprint density at radius 1 is 1.24 bits per heavy atom. The van der Waals surface area contributed by atoms with Gasteiger partial charge in [0.1, 0.15) is 11.5 Å². The van der Waals surface area contributed by atoms with E-state index in [0.29, 0.717) is 16.6 Å². The van der Waals surface area contributed by atoms with E-state index in [1.165, 1.54) is 34.9 Å². The van der Waals surface area contributed by atoms with Crippen LogP contribution in [-0.2, 0) is 4.79 Å². The Morgan fingerprint density at radius 3 is 2.60 bits per heavy atom. The Balaban J connectivity index is 1.99. The Hall–Kier alpha value is -2.11. The van der Waals surface area contributed by atoms with Crippen LogP contribution >= 0.6 is 23.4 Å². The van der Waals surface area contributed by atoms with Crippen molar-refractivity contribution in [3.63, 3.8) is 0 Å². The monoisotopic (exact) mass is 374 g/mol. The number of aryl methyl sites for hydroxylation is 1. The predicted octanol–water partition coefficient (Wildman–Crippen LogP) is 5.28. The van der Waals surface area contributed by atoms with Gasteiger partial charge < -0.3 is 0 Å². The van der Waals surface area contributed by atoms with Crippen LogP contribution in [0.25, 0.3) is 6.08 Å². The summed E-state index contributed by atoms with van der Waals surface area (Å²) in [5, 5.41) is 0.538. The first-order valence-corrected chi connectivity index (χ1v) is 9.15. The molecule has 0 N–H and O–H groups in total. The second-order valence-electron chi connectivity index (χ2n) is 5.51. The van der Waals surface area contributed by atoms with E-state index >= 15 is 0 Å². The minimum absolute atomic E-state index is 0.0258. The van der Waals surface area contributed by atoms with Crippen molar-refractivity contribution in [1.29, 1.82) is 0 Å². The zero-order chi connectivity index (χ0) is 18.0. The van der Waals surface area contributed by atoms with E-state index in [1.54, 1.807) is 6.08 Å². The largest absolute Gasteiger partial charge is 0.283 e. The van der Waals surface area contributed by atoms with Crippen LogP contribution in [0.15, 0.2) is 53.2 Å². The first-order chi connectivity index (χ1) is 12.0. The maximum Gasteiger partial charge on any atom is 0.283 e. The summed E-state index contributed by atoms with van der Waals surface area (Å²) in [7, 11) is 0. The van der Waals surface area contributed by atoms with Crippen LogP contribution in [0.2, 0.25) is 5.02 Å². The normalized spacial score (nSPS) is 15.8. The molecule has 6 heteroatoms. The number of amides is 1. The fraction of sp³-hybridized carbons (Fsp3) is 0.158. The maximum absolute atomic E-state index is 13.4. The number of thioether (sulfide) groups is 1. The number of hydrogen-bond acceptors (Lipinski definition) is 3. The number of nitrogens with zero attached hydrogens (tertiary/aromatic N) is 2. The highest BCUT2D eigenvalue weighted by molar-refractivity contribution is 8.14. The fourth-order valence-corrected chi connectivity index (χ4v) is 3.31. The summed E-state index contributed by atoms with van der Waals surface area (Å²) < 4.78 is 13.4. The number of carbonyl (C=O) groups excluding carboxylic acids is 1. The molecule has 0 atom stereocenters. The van der Waals surface area contributed by atoms with Crippen molar-refractivity contribution in [1.82, 2.24) is 0 Å². The van der Waals surface area contributed by atoms with Crippen molar-refractivity contribution < 1.29 is 9.18 Å². The Bertz CT molecular complexity index is 877. The van der Waals surface area contributed by atoms with Gasteiger partial charge in [-0.1, -0.05) is 60.1 Å². The third-order valence-corrected chi connectivity index (χ3v) is 4.76. The highest BCUT2D eigenvalue weighted by atomic mass is 35.5. The van der Waals surface area contributed by atoms with E-state index < -0.39 is 5.82 Å². The molecule has 0 saturated carbocycles. The summed E-state index contributed by atoms with van der Waals surface area (Å²) in [6, 6.07) is 12.1.